The molecule has 0 spiro atoms. The number of fused-ring (bicyclic) bond motifs is 1. The molecule has 0 saturated carbocycles. The summed E-state index contributed by atoms with van der Waals surface area (Å²) in [6.45, 7) is 4.21. The lowest BCUT2D eigenvalue weighted by Crippen LogP contribution is -2.31. The van der Waals surface area contributed by atoms with Crippen molar-refractivity contribution in [1.29, 1.82) is 0 Å². The average molecular weight is 364 g/mol. The molecule has 0 bridgehead atoms. The van der Waals surface area contributed by atoms with Gasteiger partial charge in [0.2, 0.25) is 0 Å². The van der Waals surface area contributed by atoms with E-state index in [2.05, 4.69) is 39.6 Å². The lowest BCUT2D eigenvalue weighted by Gasteiger charge is -2.18. The summed E-state index contributed by atoms with van der Waals surface area (Å²) >= 11 is 0. The molecule has 0 aliphatic carbocycles. The van der Waals surface area contributed by atoms with Gasteiger partial charge in [-0.2, -0.15) is 5.10 Å². The summed E-state index contributed by atoms with van der Waals surface area (Å²) in [5.41, 5.74) is 1.69. The van der Waals surface area contributed by atoms with Crippen LogP contribution in [0.15, 0.2) is 53.3 Å². The van der Waals surface area contributed by atoms with Crippen LogP contribution in [0.1, 0.15) is 42.6 Å². The number of amides is 1. The van der Waals surface area contributed by atoms with E-state index in [-0.39, 0.29) is 11.9 Å². The molecule has 27 heavy (non-hydrogen) atoms. The largest absolute Gasteiger partial charge is 0.463 e. The molecule has 0 saturated heterocycles. The van der Waals surface area contributed by atoms with E-state index in [1.807, 2.05) is 28.8 Å². The van der Waals surface area contributed by atoms with Gasteiger partial charge in [0.15, 0.2) is 22.9 Å². The summed E-state index contributed by atoms with van der Waals surface area (Å²) in [5.74, 6) is 1.42. The summed E-state index contributed by atoms with van der Waals surface area (Å²) in [6, 6.07) is 10.7. The maximum Gasteiger partial charge on any atom is 0.272 e. The van der Waals surface area contributed by atoms with E-state index in [1.54, 1.807) is 24.5 Å². The first-order valence-corrected chi connectivity index (χ1v) is 8.81. The number of nitrogens with one attached hydrogen (secondary N) is 2. The number of nitrogens with zero attached hydrogens (tertiary/aromatic N) is 4. The Morgan fingerprint density at radius 2 is 2.15 bits per heavy atom. The third-order valence-corrected chi connectivity index (χ3v) is 4.26. The third-order valence-electron chi connectivity index (χ3n) is 4.26. The SMILES string of the molecule is CC(C)C[C@@H](NC(=O)c1cc(-c2ccco2)[nH]n1)c1nnc2ccccn12. The summed E-state index contributed by atoms with van der Waals surface area (Å²) in [6.07, 6.45) is 4.20. The number of rotatable bonds is 6. The molecule has 0 aliphatic rings. The number of carbonyl (C=O) groups is 1. The maximum atomic E-state index is 12.8. The molecule has 1 atom stereocenters. The molecule has 0 aromatic carbocycles. The second kappa shape index (κ2) is 7.06. The van der Waals surface area contributed by atoms with Crippen molar-refractivity contribution in [2.75, 3.05) is 0 Å². The van der Waals surface area contributed by atoms with Crippen molar-refractivity contribution in [1.82, 2.24) is 30.1 Å². The fraction of sp³-hybridized carbons (Fsp3) is 0.263. The molecular weight excluding hydrogens is 344 g/mol. The van der Waals surface area contributed by atoms with Crippen molar-refractivity contribution in [3.8, 4) is 11.5 Å². The van der Waals surface area contributed by atoms with Crippen LogP contribution in [0.3, 0.4) is 0 Å². The van der Waals surface area contributed by atoms with Crippen molar-refractivity contribution in [3.05, 3.63) is 60.4 Å². The zero-order chi connectivity index (χ0) is 18.8. The standard InChI is InChI=1S/C19H20N6O2/c1-12(2)10-14(18-24-23-17-7-3-4-8-25(17)18)20-19(26)15-11-13(21-22-15)16-6-5-9-27-16/h3-9,11-12,14H,10H2,1-2H3,(H,20,26)(H,21,22)/t14-/m1/s1. The maximum absolute atomic E-state index is 12.8. The van der Waals surface area contributed by atoms with Crippen LogP contribution in [0.5, 0.6) is 0 Å². The lowest BCUT2D eigenvalue weighted by molar-refractivity contribution is 0.0924. The van der Waals surface area contributed by atoms with E-state index in [1.165, 1.54) is 0 Å². The highest BCUT2D eigenvalue weighted by Crippen LogP contribution is 2.22. The fourth-order valence-electron chi connectivity index (χ4n) is 3.03. The van der Waals surface area contributed by atoms with E-state index in [4.69, 9.17) is 4.42 Å². The number of hydrogen-bond donors (Lipinski definition) is 2. The zero-order valence-electron chi connectivity index (χ0n) is 15.1. The fourth-order valence-corrected chi connectivity index (χ4v) is 3.03. The first-order valence-electron chi connectivity index (χ1n) is 8.81. The lowest BCUT2D eigenvalue weighted by atomic mass is 10.0. The van der Waals surface area contributed by atoms with E-state index >= 15 is 0 Å². The summed E-state index contributed by atoms with van der Waals surface area (Å²) in [7, 11) is 0. The van der Waals surface area contributed by atoms with Crippen LogP contribution in [0.2, 0.25) is 0 Å². The van der Waals surface area contributed by atoms with E-state index in [9.17, 15) is 4.79 Å². The van der Waals surface area contributed by atoms with E-state index < -0.39 is 0 Å². The Balaban J connectivity index is 1.59. The molecule has 0 fully saturated rings. The predicted molar refractivity (Wildman–Crippen MR) is 98.9 cm³/mol. The topological polar surface area (TPSA) is 101 Å². The van der Waals surface area contributed by atoms with Gasteiger partial charge in [0, 0.05) is 12.3 Å². The second-order valence-electron chi connectivity index (χ2n) is 6.79. The van der Waals surface area contributed by atoms with Crippen LogP contribution >= 0.6 is 0 Å². The Labute approximate surface area is 155 Å². The second-order valence-corrected chi connectivity index (χ2v) is 6.79. The molecule has 138 valence electrons. The van der Waals surface area contributed by atoms with Gasteiger partial charge in [-0.25, -0.2) is 0 Å². The van der Waals surface area contributed by atoms with Crippen LogP contribution in [0.25, 0.3) is 17.1 Å². The number of furan rings is 1. The smallest absolute Gasteiger partial charge is 0.272 e. The molecular formula is C19H20N6O2. The highest BCUT2D eigenvalue weighted by atomic mass is 16.3. The van der Waals surface area contributed by atoms with Gasteiger partial charge in [0.1, 0.15) is 5.69 Å². The van der Waals surface area contributed by atoms with Crippen LogP contribution < -0.4 is 5.32 Å². The summed E-state index contributed by atoms with van der Waals surface area (Å²) in [5, 5.41) is 18.5. The Bertz CT molecular complexity index is 1050. The molecule has 4 aromatic heterocycles. The van der Waals surface area contributed by atoms with Gasteiger partial charge < -0.3 is 9.73 Å². The number of pyridine rings is 1. The molecule has 4 heterocycles. The average Bonchev–Trinajstić information content (AvgIpc) is 3.39. The number of aromatic amines is 1. The molecule has 0 aliphatic heterocycles. The van der Waals surface area contributed by atoms with Crippen molar-refractivity contribution in [2.24, 2.45) is 5.92 Å². The van der Waals surface area contributed by atoms with Gasteiger partial charge in [0.25, 0.3) is 5.91 Å². The third kappa shape index (κ3) is 3.46. The van der Waals surface area contributed by atoms with Crippen molar-refractivity contribution >= 4 is 11.6 Å². The number of H-pyrrole nitrogens is 1. The minimum atomic E-state index is -0.279. The van der Waals surface area contributed by atoms with Gasteiger partial charge >= 0.3 is 0 Å². The quantitative estimate of drug-likeness (QED) is 0.547. The van der Waals surface area contributed by atoms with Gasteiger partial charge in [0.05, 0.1) is 12.3 Å². The Kier molecular flexibility index (Phi) is 4.45. The molecule has 1 amide bonds. The zero-order valence-corrected chi connectivity index (χ0v) is 15.1. The molecule has 0 unspecified atom stereocenters. The summed E-state index contributed by atoms with van der Waals surface area (Å²) in [4.78, 5) is 12.8. The minimum Gasteiger partial charge on any atom is -0.463 e. The Morgan fingerprint density at radius 3 is 2.93 bits per heavy atom. The molecule has 0 radical (unpaired) electrons. The van der Waals surface area contributed by atoms with Crippen LogP contribution in [-0.2, 0) is 0 Å². The van der Waals surface area contributed by atoms with Crippen LogP contribution in [-0.4, -0.2) is 30.7 Å². The monoisotopic (exact) mass is 364 g/mol. The van der Waals surface area contributed by atoms with E-state index in [0.29, 0.717) is 28.9 Å². The highest BCUT2D eigenvalue weighted by molar-refractivity contribution is 5.93. The molecule has 8 heteroatoms. The van der Waals surface area contributed by atoms with Crippen molar-refractivity contribution in [2.45, 2.75) is 26.3 Å². The van der Waals surface area contributed by atoms with Gasteiger partial charge in [-0.1, -0.05) is 19.9 Å². The number of hydrogen-bond acceptors (Lipinski definition) is 5. The predicted octanol–water partition coefficient (Wildman–Crippen LogP) is 3.23. The van der Waals surface area contributed by atoms with Gasteiger partial charge in [-0.15, -0.1) is 10.2 Å². The molecule has 4 aromatic rings. The van der Waals surface area contributed by atoms with Crippen LogP contribution in [0.4, 0.5) is 0 Å². The number of carbonyl (C=O) groups excluding carboxylic acids is 1. The van der Waals surface area contributed by atoms with Gasteiger partial charge in [-0.05, 0) is 36.6 Å². The normalized spacial score (nSPS) is 12.6. The Hall–Kier alpha value is -3.42. The number of aromatic nitrogens is 5. The summed E-state index contributed by atoms with van der Waals surface area (Å²) < 4.78 is 7.22. The molecule has 2 N–H and O–H groups in total. The first-order chi connectivity index (χ1) is 13.1. The van der Waals surface area contributed by atoms with Gasteiger partial charge in [-0.3, -0.25) is 14.3 Å². The van der Waals surface area contributed by atoms with Crippen molar-refractivity contribution in [3.63, 3.8) is 0 Å². The van der Waals surface area contributed by atoms with Crippen molar-refractivity contribution < 1.29 is 9.21 Å². The molecule has 8 nitrogen and oxygen atoms in total. The Morgan fingerprint density at radius 1 is 1.26 bits per heavy atom. The highest BCUT2D eigenvalue weighted by Gasteiger charge is 2.23. The molecule has 4 rings (SSSR count). The van der Waals surface area contributed by atoms with Crippen LogP contribution in [0, 0.1) is 5.92 Å². The minimum absolute atomic E-state index is 0.276. The van der Waals surface area contributed by atoms with E-state index in [0.717, 1.165) is 12.1 Å². The first kappa shape index (κ1) is 17.0.